The number of likely N-dealkylation sites (N-methyl/N-ethyl adjacent to an activating group) is 1. The number of likely N-dealkylation sites (tertiary alicyclic amines) is 1. The summed E-state index contributed by atoms with van der Waals surface area (Å²) in [5, 5.41) is 9.33. The van der Waals surface area contributed by atoms with Crippen molar-refractivity contribution in [3.05, 3.63) is 0 Å². The molecule has 0 aliphatic carbocycles. The SMILES string of the molecule is CC(C(=O)N(C)C)N1CCC(O)CC1. The maximum absolute atomic E-state index is 11.6. The van der Waals surface area contributed by atoms with Gasteiger partial charge in [0.1, 0.15) is 0 Å². The number of hydrogen-bond donors (Lipinski definition) is 1. The number of hydrogen-bond acceptors (Lipinski definition) is 3. The molecule has 1 fully saturated rings. The van der Waals surface area contributed by atoms with Crippen LogP contribution in [-0.2, 0) is 4.79 Å². The van der Waals surface area contributed by atoms with Crippen LogP contribution in [0.4, 0.5) is 0 Å². The molecule has 0 spiro atoms. The number of amides is 1. The summed E-state index contributed by atoms with van der Waals surface area (Å²) in [6.07, 6.45) is 1.39. The van der Waals surface area contributed by atoms with Crippen LogP contribution in [-0.4, -0.2) is 60.1 Å². The van der Waals surface area contributed by atoms with Crippen LogP contribution in [0.15, 0.2) is 0 Å². The summed E-state index contributed by atoms with van der Waals surface area (Å²) in [5.74, 6) is 0.140. The van der Waals surface area contributed by atoms with Crippen LogP contribution < -0.4 is 0 Å². The third-order valence-corrected chi connectivity index (χ3v) is 2.84. The molecule has 0 aromatic rings. The lowest BCUT2D eigenvalue weighted by Crippen LogP contribution is -2.48. The molecule has 1 unspecified atom stereocenters. The van der Waals surface area contributed by atoms with E-state index in [2.05, 4.69) is 4.90 Å². The normalized spacial score (nSPS) is 22.0. The van der Waals surface area contributed by atoms with E-state index >= 15 is 0 Å². The third kappa shape index (κ3) is 2.69. The predicted molar refractivity (Wildman–Crippen MR) is 55.0 cm³/mol. The molecule has 1 N–H and O–H groups in total. The molecule has 0 bridgehead atoms. The molecule has 4 nitrogen and oxygen atoms in total. The van der Waals surface area contributed by atoms with Crippen LogP contribution in [0, 0.1) is 0 Å². The number of nitrogens with zero attached hydrogens (tertiary/aromatic N) is 2. The van der Waals surface area contributed by atoms with E-state index in [0.29, 0.717) is 0 Å². The highest BCUT2D eigenvalue weighted by atomic mass is 16.3. The first-order valence-corrected chi connectivity index (χ1v) is 5.15. The summed E-state index contributed by atoms with van der Waals surface area (Å²) in [4.78, 5) is 15.4. The molecular weight excluding hydrogens is 180 g/mol. The fraction of sp³-hybridized carbons (Fsp3) is 0.900. The second-order valence-corrected chi connectivity index (χ2v) is 4.18. The fourth-order valence-corrected chi connectivity index (χ4v) is 1.80. The van der Waals surface area contributed by atoms with Crippen molar-refractivity contribution in [3.8, 4) is 0 Å². The highest BCUT2D eigenvalue weighted by Crippen LogP contribution is 2.13. The lowest BCUT2D eigenvalue weighted by atomic mass is 10.1. The zero-order valence-corrected chi connectivity index (χ0v) is 9.23. The van der Waals surface area contributed by atoms with Gasteiger partial charge < -0.3 is 10.0 Å². The smallest absolute Gasteiger partial charge is 0.239 e. The number of piperidine rings is 1. The van der Waals surface area contributed by atoms with Gasteiger partial charge in [0.05, 0.1) is 12.1 Å². The Morgan fingerprint density at radius 2 is 1.93 bits per heavy atom. The van der Waals surface area contributed by atoms with E-state index in [-0.39, 0.29) is 18.1 Å². The average Bonchev–Trinajstić information content (AvgIpc) is 2.16. The van der Waals surface area contributed by atoms with Crippen molar-refractivity contribution >= 4 is 5.91 Å². The molecule has 0 aromatic carbocycles. The van der Waals surface area contributed by atoms with Crippen LogP contribution in [0.25, 0.3) is 0 Å². The van der Waals surface area contributed by atoms with Gasteiger partial charge in [-0.3, -0.25) is 9.69 Å². The van der Waals surface area contributed by atoms with Gasteiger partial charge in [-0.05, 0) is 19.8 Å². The molecule has 14 heavy (non-hydrogen) atoms. The first-order chi connectivity index (χ1) is 6.52. The zero-order valence-electron chi connectivity index (χ0n) is 9.23. The van der Waals surface area contributed by atoms with Gasteiger partial charge >= 0.3 is 0 Å². The Kier molecular flexibility index (Phi) is 3.89. The van der Waals surface area contributed by atoms with Gasteiger partial charge in [0.25, 0.3) is 0 Å². The summed E-state index contributed by atoms with van der Waals surface area (Å²) in [6.45, 7) is 3.57. The van der Waals surface area contributed by atoms with Gasteiger partial charge in [0, 0.05) is 27.2 Å². The van der Waals surface area contributed by atoms with Crippen molar-refractivity contribution < 1.29 is 9.90 Å². The van der Waals surface area contributed by atoms with E-state index in [4.69, 9.17) is 0 Å². The summed E-state index contributed by atoms with van der Waals surface area (Å²) in [6, 6.07) is -0.0579. The van der Waals surface area contributed by atoms with Gasteiger partial charge in [0.15, 0.2) is 0 Å². The van der Waals surface area contributed by atoms with Crippen molar-refractivity contribution in [2.75, 3.05) is 27.2 Å². The van der Waals surface area contributed by atoms with E-state index in [0.717, 1.165) is 25.9 Å². The van der Waals surface area contributed by atoms with Crippen LogP contribution in [0.1, 0.15) is 19.8 Å². The number of carbonyl (C=O) groups is 1. The van der Waals surface area contributed by atoms with Crippen molar-refractivity contribution in [2.24, 2.45) is 0 Å². The second kappa shape index (κ2) is 4.75. The number of carbonyl (C=O) groups excluding carboxylic acids is 1. The fourth-order valence-electron chi connectivity index (χ4n) is 1.80. The maximum Gasteiger partial charge on any atom is 0.239 e. The Balaban J connectivity index is 2.45. The highest BCUT2D eigenvalue weighted by Gasteiger charge is 2.26. The second-order valence-electron chi connectivity index (χ2n) is 4.18. The minimum absolute atomic E-state index is 0.0579. The first-order valence-electron chi connectivity index (χ1n) is 5.15. The van der Waals surface area contributed by atoms with Crippen molar-refractivity contribution in [1.29, 1.82) is 0 Å². The minimum Gasteiger partial charge on any atom is -0.393 e. The Morgan fingerprint density at radius 3 is 2.36 bits per heavy atom. The number of aliphatic hydroxyl groups is 1. The zero-order chi connectivity index (χ0) is 10.7. The van der Waals surface area contributed by atoms with E-state index in [1.807, 2.05) is 6.92 Å². The molecule has 1 saturated heterocycles. The molecule has 1 amide bonds. The summed E-state index contributed by atoms with van der Waals surface area (Å²) in [7, 11) is 3.55. The molecule has 4 heteroatoms. The number of aliphatic hydroxyl groups excluding tert-OH is 1. The lowest BCUT2D eigenvalue weighted by Gasteiger charge is -2.34. The Morgan fingerprint density at radius 1 is 1.43 bits per heavy atom. The van der Waals surface area contributed by atoms with Gasteiger partial charge in [-0.2, -0.15) is 0 Å². The topological polar surface area (TPSA) is 43.8 Å². The molecule has 1 atom stereocenters. The van der Waals surface area contributed by atoms with Gasteiger partial charge in [0.2, 0.25) is 5.91 Å². The van der Waals surface area contributed by atoms with E-state index in [1.165, 1.54) is 0 Å². The van der Waals surface area contributed by atoms with Crippen molar-refractivity contribution in [1.82, 2.24) is 9.80 Å². The van der Waals surface area contributed by atoms with Crippen LogP contribution in [0.2, 0.25) is 0 Å². The maximum atomic E-state index is 11.6. The van der Waals surface area contributed by atoms with Gasteiger partial charge in [-0.25, -0.2) is 0 Å². The van der Waals surface area contributed by atoms with Crippen molar-refractivity contribution in [2.45, 2.75) is 31.9 Å². The van der Waals surface area contributed by atoms with E-state index in [1.54, 1.807) is 19.0 Å². The van der Waals surface area contributed by atoms with Crippen LogP contribution in [0.5, 0.6) is 0 Å². The standard InChI is InChI=1S/C10H20N2O2/c1-8(10(14)11(2)3)12-6-4-9(13)5-7-12/h8-9,13H,4-7H2,1-3H3. The molecule has 0 saturated carbocycles. The molecule has 1 aliphatic heterocycles. The highest BCUT2D eigenvalue weighted by molar-refractivity contribution is 5.80. The van der Waals surface area contributed by atoms with Crippen LogP contribution >= 0.6 is 0 Å². The summed E-state index contributed by atoms with van der Waals surface area (Å²) >= 11 is 0. The minimum atomic E-state index is -0.173. The molecule has 1 aliphatic rings. The molecule has 0 radical (unpaired) electrons. The quantitative estimate of drug-likeness (QED) is 0.678. The number of rotatable bonds is 2. The Hall–Kier alpha value is -0.610. The lowest BCUT2D eigenvalue weighted by molar-refractivity contribution is -0.134. The van der Waals surface area contributed by atoms with E-state index in [9.17, 15) is 9.90 Å². The Bertz CT molecular complexity index is 198. The molecule has 1 heterocycles. The third-order valence-electron chi connectivity index (χ3n) is 2.84. The largest absolute Gasteiger partial charge is 0.393 e. The average molecular weight is 200 g/mol. The molecule has 1 rings (SSSR count). The van der Waals surface area contributed by atoms with Gasteiger partial charge in [-0.1, -0.05) is 0 Å². The Labute approximate surface area is 85.5 Å². The van der Waals surface area contributed by atoms with Crippen LogP contribution in [0.3, 0.4) is 0 Å². The van der Waals surface area contributed by atoms with Crippen molar-refractivity contribution in [3.63, 3.8) is 0 Å². The van der Waals surface area contributed by atoms with Gasteiger partial charge in [-0.15, -0.1) is 0 Å². The summed E-state index contributed by atoms with van der Waals surface area (Å²) in [5.41, 5.74) is 0. The summed E-state index contributed by atoms with van der Waals surface area (Å²) < 4.78 is 0. The molecular formula is C10H20N2O2. The molecule has 82 valence electrons. The monoisotopic (exact) mass is 200 g/mol. The predicted octanol–water partition coefficient (Wildman–Crippen LogP) is -0.0802. The van der Waals surface area contributed by atoms with E-state index < -0.39 is 0 Å². The first kappa shape index (κ1) is 11.5. The molecule has 0 aromatic heterocycles.